The van der Waals surface area contributed by atoms with Gasteiger partial charge in [0.1, 0.15) is 13.3 Å². The first kappa shape index (κ1) is 12.1. The predicted molar refractivity (Wildman–Crippen MR) is 57.4 cm³/mol. The molecule has 0 saturated carbocycles. The van der Waals surface area contributed by atoms with Gasteiger partial charge in [0.2, 0.25) is 0 Å². The summed E-state index contributed by atoms with van der Waals surface area (Å²) in [5.74, 6) is 0.824. The lowest BCUT2D eigenvalue weighted by Gasteiger charge is -2.12. The summed E-state index contributed by atoms with van der Waals surface area (Å²) in [7, 11) is 1.49. The molecule has 0 unspecified atom stereocenters. The van der Waals surface area contributed by atoms with E-state index in [0.29, 0.717) is 23.1 Å². The molecule has 84 valence electrons. The minimum atomic E-state index is -0.571. The summed E-state index contributed by atoms with van der Waals surface area (Å²) in [5, 5.41) is 0.378. The summed E-state index contributed by atoms with van der Waals surface area (Å²) >= 11 is 5.94. The average molecular weight is 234 g/mol. The van der Waals surface area contributed by atoms with Gasteiger partial charge in [-0.2, -0.15) is 0 Å². The van der Waals surface area contributed by atoms with E-state index in [-0.39, 0.29) is 6.61 Å². The molecule has 0 radical (unpaired) electrons. The molecule has 0 atom stereocenters. The molecule has 15 heavy (non-hydrogen) atoms. The molecule has 0 saturated heterocycles. The molecule has 1 aromatic carbocycles. The van der Waals surface area contributed by atoms with Crippen molar-refractivity contribution < 1.29 is 13.9 Å². The lowest BCUT2D eigenvalue weighted by Crippen LogP contribution is -2.03. The Bertz CT molecular complexity index is 333. The van der Waals surface area contributed by atoms with Gasteiger partial charge in [-0.15, -0.1) is 0 Å². The van der Waals surface area contributed by atoms with E-state index in [0.717, 1.165) is 5.56 Å². The van der Waals surface area contributed by atoms with Crippen LogP contribution in [0, 0.1) is 0 Å². The van der Waals surface area contributed by atoms with E-state index in [9.17, 15) is 4.39 Å². The van der Waals surface area contributed by atoms with Crippen LogP contribution < -0.4 is 15.2 Å². The zero-order valence-corrected chi connectivity index (χ0v) is 9.18. The first-order chi connectivity index (χ1) is 7.22. The molecular formula is C10H13ClFNO2. The van der Waals surface area contributed by atoms with Crippen LogP contribution in [0.15, 0.2) is 12.1 Å². The third-order valence-electron chi connectivity index (χ3n) is 1.85. The summed E-state index contributed by atoms with van der Waals surface area (Å²) in [5.41, 5.74) is 6.31. The molecule has 2 N–H and O–H groups in total. The van der Waals surface area contributed by atoms with Crippen LogP contribution in [0.3, 0.4) is 0 Å². The van der Waals surface area contributed by atoms with Gasteiger partial charge >= 0.3 is 0 Å². The lowest BCUT2D eigenvalue weighted by molar-refractivity contribution is 0.260. The first-order valence-electron chi connectivity index (χ1n) is 4.48. The van der Waals surface area contributed by atoms with E-state index in [1.54, 1.807) is 12.1 Å². The standard InChI is InChI=1S/C10H13ClFNO2/c1-14-9-5-7(6-13)4-8(11)10(9)15-3-2-12/h4-5H,2-3,6,13H2,1H3. The Morgan fingerprint density at radius 2 is 2.20 bits per heavy atom. The van der Waals surface area contributed by atoms with Crippen LogP contribution in [-0.2, 0) is 6.54 Å². The highest BCUT2D eigenvalue weighted by Crippen LogP contribution is 2.36. The van der Waals surface area contributed by atoms with Crippen LogP contribution in [0.1, 0.15) is 5.56 Å². The highest BCUT2D eigenvalue weighted by atomic mass is 35.5. The van der Waals surface area contributed by atoms with Crippen LogP contribution in [0.25, 0.3) is 0 Å². The fourth-order valence-corrected chi connectivity index (χ4v) is 1.46. The summed E-state index contributed by atoms with van der Waals surface area (Å²) in [6.07, 6.45) is 0. The molecule has 0 bridgehead atoms. The minimum absolute atomic E-state index is 0.0436. The lowest BCUT2D eigenvalue weighted by atomic mass is 10.2. The third-order valence-corrected chi connectivity index (χ3v) is 2.13. The van der Waals surface area contributed by atoms with E-state index in [1.807, 2.05) is 0 Å². The first-order valence-corrected chi connectivity index (χ1v) is 4.86. The van der Waals surface area contributed by atoms with Gasteiger partial charge in [-0.3, -0.25) is 0 Å². The highest BCUT2D eigenvalue weighted by Gasteiger charge is 2.11. The number of rotatable bonds is 5. The molecule has 0 aliphatic rings. The third kappa shape index (κ3) is 2.97. The monoisotopic (exact) mass is 233 g/mol. The van der Waals surface area contributed by atoms with Crippen molar-refractivity contribution in [1.29, 1.82) is 0 Å². The predicted octanol–water partition coefficient (Wildman–Crippen LogP) is 2.16. The van der Waals surface area contributed by atoms with Crippen molar-refractivity contribution in [2.24, 2.45) is 5.73 Å². The van der Waals surface area contributed by atoms with Gasteiger partial charge in [0.15, 0.2) is 11.5 Å². The molecule has 1 rings (SSSR count). The summed E-state index contributed by atoms with van der Waals surface area (Å²) in [6.45, 7) is -0.254. The van der Waals surface area contributed by atoms with Gasteiger partial charge in [0, 0.05) is 6.54 Å². The van der Waals surface area contributed by atoms with Crippen molar-refractivity contribution in [3.05, 3.63) is 22.7 Å². The van der Waals surface area contributed by atoms with Gasteiger partial charge in [-0.25, -0.2) is 4.39 Å². The molecular weight excluding hydrogens is 221 g/mol. The maximum Gasteiger partial charge on any atom is 0.179 e. The van der Waals surface area contributed by atoms with Gasteiger partial charge in [-0.1, -0.05) is 11.6 Å². The molecule has 0 heterocycles. The second-order valence-corrected chi connectivity index (χ2v) is 3.26. The Labute approximate surface area is 92.9 Å². The molecule has 0 aliphatic heterocycles. The molecule has 0 aliphatic carbocycles. The van der Waals surface area contributed by atoms with Crippen molar-refractivity contribution in [1.82, 2.24) is 0 Å². The SMILES string of the molecule is COc1cc(CN)cc(Cl)c1OCCF. The number of methoxy groups -OCH3 is 1. The number of ether oxygens (including phenoxy) is 2. The highest BCUT2D eigenvalue weighted by molar-refractivity contribution is 6.32. The molecule has 3 nitrogen and oxygen atoms in total. The number of alkyl halides is 1. The van der Waals surface area contributed by atoms with Gasteiger partial charge in [-0.05, 0) is 17.7 Å². The van der Waals surface area contributed by atoms with Gasteiger partial charge in [0.05, 0.1) is 12.1 Å². The Hall–Kier alpha value is -1.00. The Kier molecular flexibility index (Phi) is 4.65. The average Bonchev–Trinajstić information content (AvgIpc) is 2.26. The fourth-order valence-electron chi connectivity index (χ4n) is 1.17. The number of hydrogen-bond donors (Lipinski definition) is 1. The molecule has 1 aromatic rings. The van der Waals surface area contributed by atoms with E-state index in [2.05, 4.69) is 0 Å². The van der Waals surface area contributed by atoms with Crippen LogP contribution in [0.2, 0.25) is 5.02 Å². The van der Waals surface area contributed by atoms with Crippen LogP contribution in [0.5, 0.6) is 11.5 Å². The number of hydrogen-bond acceptors (Lipinski definition) is 3. The molecule has 5 heteroatoms. The Morgan fingerprint density at radius 3 is 2.73 bits per heavy atom. The second kappa shape index (κ2) is 5.78. The van der Waals surface area contributed by atoms with Crippen molar-refractivity contribution >= 4 is 11.6 Å². The summed E-state index contributed by atoms with van der Waals surface area (Å²) in [4.78, 5) is 0. The molecule has 0 spiro atoms. The zero-order valence-electron chi connectivity index (χ0n) is 8.43. The molecule has 0 aromatic heterocycles. The number of benzene rings is 1. The number of nitrogens with two attached hydrogens (primary N) is 1. The van der Waals surface area contributed by atoms with E-state index < -0.39 is 6.67 Å². The van der Waals surface area contributed by atoms with Crippen LogP contribution in [-0.4, -0.2) is 20.4 Å². The Balaban J connectivity index is 3.01. The summed E-state index contributed by atoms with van der Waals surface area (Å²) in [6, 6.07) is 3.40. The second-order valence-electron chi connectivity index (χ2n) is 2.85. The smallest absolute Gasteiger partial charge is 0.179 e. The largest absolute Gasteiger partial charge is 0.493 e. The number of halogens is 2. The van der Waals surface area contributed by atoms with Crippen LogP contribution in [0.4, 0.5) is 4.39 Å². The maximum absolute atomic E-state index is 12.0. The van der Waals surface area contributed by atoms with E-state index in [4.69, 9.17) is 26.8 Å². The molecule has 0 fully saturated rings. The topological polar surface area (TPSA) is 44.5 Å². The summed E-state index contributed by atoms with van der Waals surface area (Å²) < 4.78 is 22.2. The quantitative estimate of drug-likeness (QED) is 0.848. The zero-order chi connectivity index (χ0) is 11.3. The van der Waals surface area contributed by atoms with E-state index >= 15 is 0 Å². The van der Waals surface area contributed by atoms with E-state index in [1.165, 1.54) is 7.11 Å². The normalized spacial score (nSPS) is 10.1. The minimum Gasteiger partial charge on any atom is -0.493 e. The maximum atomic E-state index is 12.0. The fraction of sp³-hybridized carbons (Fsp3) is 0.400. The van der Waals surface area contributed by atoms with Gasteiger partial charge in [0.25, 0.3) is 0 Å². The van der Waals surface area contributed by atoms with Crippen molar-refractivity contribution in [3.8, 4) is 11.5 Å². The van der Waals surface area contributed by atoms with Crippen molar-refractivity contribution in [2.45, 2.75) is 6.54 Å². The molecule has 0 amide bonds. The van der Waals surface area contributed by atoms with Crippen LogP contribution >= 0.6 is 11.6 Å². The van der Waals surface area contributed by atoms with Crippen molar-refractivity contribution in [2.75, 3.05) is 20.4 Å². The Morgan fingerprint density at radius 1 is 1.47 bits per heavy atom. The van der Waals surface area contributed by atoms with Crippen molar-refractivity contribution in [3.63, 3.8) is 0 Å². The van der Waals surface area contributed by atoms with Gasteiger partial charge < -0.3 is 15.2 Å².